The number of ether oxygens (including phenoxy) is 1. The largest absolute Gasteiger partial charge is 0.381 e. The predicted octanol–water partition coefficient (Wildman–Crippen LogP) is 3.50. The molecule has 2 aliphatic rings. The van der Waals surface area contributed by atoms with Gasteiger partial charge < -0.3 is 10.1 Å². The minimum Gasteiger partial charge on any atom is -0.381 e. The van der Waals surface area contributed by atoms with Crippen LogP contribution in [0.1, 0.15) is 64.2 Å². The molecular weight excluding hydrogens is 210 g/mol. The van der Waals surface area contributed by atoms with Crippen molar-refractivity contribution in [3.05, 3.63) is 0 Å². The first-order chi connectivity index (χ1) is 8.38. The van der Waals surface area contributed by atoms with Crippen molar-refractivity contribution in [2.45, 2.75) is 76.4 Å². The maximum absolute atomic E-state index is 5.43. The fourth-order valence-corrected chi connectivity index (χ4v) is 3.39. The molecule has 0 aromatic rings. The van der Waals surface area contributed by atoms with Crippen LogP contribution < -0.4 is 5.32 Å². The quantitative estimate of drug-likeness (QED) is 0.758. The Bertz CT molecular complexity index is 191. The van der Waals surface area contributed by atoms with Crippen LogP contribution in [-0.4, -0.2) is 25.8 Å². The maximum atomic E-state index is 5.43. The van der Waals surface area contributed by atoms with E-state index in [4.69, 9.17) is 4.74 Å². The summed E-state index contributed by atoms with van der Waals surface area (Å²) in [7, 11) is 1.86. The molecule has 17 heavy (non-hydrogen) atoms. The molecule has 0 heterocycles. The van der Waals surface area contributed by atoms with E-state index in [0.717, 1.165) is 12.0 Å². The smallest absolute Gasteiger partial charge is 0.0571 e. The van der Waals surface area contributed by atoms with E-state index in [1.54, 1.807) is 0 Å². The van der Waals surface area contributed by atoms with Crippen LogP contribution in [0.15, 0.2) is 0 Å². The lowest BCUT2D eigenvalue weighted by atomic mass is 9.87. The Hall–Kier alpha value is -0.0800. The Morgan fingerprint density at radius 2 is 1.53 bits per heavy atom. The Balaban J connectivity index is 1.61. The van der Waals surface area contributed by atoms with Gasteiger partial charge in [0, 0.05) is 13.2 Å². The van der Waals surface area contributed by atoms with Crippen molar-refractivity contribution >= 4 is 0 Å². The van der Waals surface area contributed by atoms with Gasteiger partial charge in [0.05, 0.1) is 6.10 Å². The molecule has 2 saturated carbocycles. The molecule has 0 aromatic heterocycles. The van der Waals surface area contributed by atoms with Crippen LogP contribution in [0.3, 0.4) is 0 Å². The molecule has 100 valence electrons. The minimum absolute atomic E-state index is 0.545. The van der Waals surface area contributed by atoms with Crippen molar-refractivity contribution in [1.82, 2.24) is 5.32 Å². The molecule has 1 N–H and O–H groups in total. The molecule has 0 radical (unpaired) electrons. The van der Waals surface area contributed by atoms with Crippen molar-refractivity contribution in [2.24, 2.45) is 5.92 Å². The molecule has 0 spiro atoms. The van der Waals surface area contributed by atoms with Crippen molar-refractivity contribution in [3.8, 4) is 0 Å². The van der Waals surface area contributed by atoms with E-state index in [9.17, 15) is 0 Å². The second kappa shape index (κ2) is 7.38. The number of hydrogen-bond acceptors (Lipinski definition) is 2. The summed E-state index contributed by atoms with van der Waals surface area (Å²) in [5.41, 5.74) is 0. The number of hydrogen-bond donors (Lipinski definition) is 1. The monoisotopic (exact) mass is 239 g/mol. The molecule has 2 fully saturated rings. The first-order valence-electron chi connectivity index (χ1n) is 7.64. The van der Waals surface area contributed by atoms with E-state index in [0.29, 0.717) is 6.10 Å². The molecule has 0 saturated heterocycles. The summed E-state index contributed by atoms with van der Waals surface area (Å²) >= 11 is 0. The van der Waals surface area contributed by atoms with Gasteiger partial charge in [0.25, 0.3) is 0 Å². The molecule has 2 nitrogen and oxygen atoms in total. The average molecular weight is 239 g/mol. The van der Waals surface area contributed by atoms with Gasteiger partial charge in [-0.15, -0.1) is 0 Å². The molecule has 2 heteroatoms. The molecule has 0 aliphatic heterocycles. The van der Waals surface area contributed by atoms with Crippen LogP contribution in [0, 0.1) is 5.92 Å². The average Bonchev–Trinajstić information content (AvgIpc) is 2.65. The summed E-state index contributed by atoms with van der Waals surface area (Å²) in [5, 5.41) is 3.82. The molecule has 0 amide bonds. The number of rotatable bonds is 4. The highest BCUT2D eigenvalue weighted by molar-refractivity contribution is 4.77. The topological polar surface area (TPSA) is 21.3 Å². The first-order valence-corrected chi connectivity index (χ1v) is 7.64. The van der Waals surface area contributed by atoms with Gasteiger partial charge in [0.15, 0.2) is 0 Å². The minimum atomic E-state index is 0.545. The Labute approximate surface area is 107 Å². The third kappa shape index (κ3) is 4.59. The van der Waals surface area contributed by atoms with Gasteiger partial charge in [-0.1, -0.05) is 25.7 Å². The molecular formula is C15H29NO. The van der Waals surface area contributed by atoms with Gasteiger partial charge in [-0.2, -0.15) is 0 Å². The summed E-state index contributed by atoms with van der Waals surface area (Å²) in [6.45, 7) is 1.25. The highest BCUT2D eigenvalue weighted by atomic mass is 16.5. The summed E-state index contributed by atoms with van der Waals surface area (Å²) < 4.78 is 5.43. The lowest BCUT2D eigenvalue weighted by Gasteiger charge is -2.29. The second-order valence-electron chi connectivity index (χ2n) is 5.98. The van der Waals surface area contributed by atoms with Crippen molar-refractivity contribution in [3.63, 3.8) is 0 Å². The van der Waals surface area contributed by atoms with Gasteiger partial charge in [-0.05, 0) is 51.0 Å². The molecule has 0 bridgehead atoms. The van der Waals surface area contributed by atoms with Gasteiger partial charge >= 0.3 is 0 Å². The molecule has 2 aliphatic carbocycles. The van der Waals surface area contributed by atoms with Crippen LogP contribution in [0.25, 0.3) is 0 Å². The van der Waals surface area contributed by atoms with Crippen molar-refractivity contribution in [2.75, 3.05) is 13.7 Å². The van der Waals surface area contributed by atoms with E-state index >= 15 is 0 Å². The third-order valence-electron chi connectivity index (χ3n) is 4.68. The molecule has 0 unspecified atom stereocenters. The van der Waals surface area contributed by atoms with Gasteiger partial charge in [-0.25, -0.2) is 0 Å². The molecule has 2 rings (SSSR count). The predicted molar refractivity (Wildman–Crippen MR) is 72.2 cm³/mol. The zero-order valence-electron chi connectivity index (χ0n) is 11.4. The molecule has 0 aromatic carbocycles. The van der Waals surface area contributed by atoms with Gasteiger partial charge in [-0.3, -0.25) is 0 Å². The van der Waals surface area contributed by atoms with E-state index in [-0.39, 0.29) is 0 Å². The van der Waals surface area contributed by atoms with Gasteiger partial charge in [0.1, 0.15) is 0 Å². The first kappa shape index (κ1) is 13.4. The van der Waals surface area contributed by atoms with Gasteiger partial charge in [0.2, 0.25) is 0 Å². The molecule has 0 atom stereocenters. The zero-order chi connectivity index (χ0) is 11.9. The van der Waals surface area contributed by atoms with Crippen molar-refractivity contribution in [1.29, 1.82) is 0 Å². The van der Waals surface area contributed by atoms with Crippen LogP contribution in [-0.2, 0) is 4.74 Å². The van der Waals surface area contributed by atoms with E-state index in [1.165, 1.54) is 70.8 Å². The Kier molecular flexibility index (Phi) is 5.79. The van der Waals surface area contributed by atoms with Crippen LogP contribution in [0.4, 0.5) is 0 Å². The zero-order valence-corrected chi connectivity index (χ0v) is 11.4. The normalized spacial score (nSPS) is 32.3. The van der Waals surface area contributed by atoms with Crippen LogP contribution >= 0.6 is 0 Å². The number of nitrogens with one attached hydrogen (secondary N) is 1. The number of methoxy groups -OCH3 is 1. The van der Waals surface area contributed by atoms with E-state index in [2.05, 4.69) is 5.32 Å². The Morgan fingerprint density at radius 3 is 2.12 bits per heavy atom. The lowest BCUT2D eigenvalue weighted by molar-refractivity contribution is 0.0563. The maximum Gasteiger partial charge on any atom is 0.0571 e. The van der Waals surface area contributed by atoms with E-state index in [1.807, 2.05) is 7.11 Å². The lowest BCUT2D eigenvalue weighted by Crippen LogP contribution is -2.35. The third-order valence-corrected chi connectivity index (χ3v) is 4.68. The van der Waals surface area contributed by atoms with Crippen molar-refractivity contribution < 1.29 is 4.74 Å². The van der Waals surface area contributed by atoms with E-state index < -0.39 is 0 Å². The highest BCUT2D eigenvalue weighted by Gasteiger charge is 2.21. The highest BCUT2D eigenvalue weighted by Crippen LogP contribution is 2.26. The van der Waals surface area contributed by atoms with Crippen LogP contribution in [0.5, 0.6) is 0 Å². The fourth-order valence-electron chi connectivity index (χ4n) is 3.39. The fraction of sp³-hybridized carbons (Fsp3) is 1.00. The SMILES string of the molecule is CO[C@H]1CC[C@H](CNC2CCCCCC2)CC1. The Morgan fingerprint density at radius 1 is 0.882 bits per heavy atom. The second-order valence-corrected chi connectivity index (χ2v) is 5.98. The van der Waals surface area contributed by atoms with Crippen LogP contribution in [0.2, 0.25) is 0 Å². The summed E-state index contributed by atoms with van der Waals surface area (Å²) in [6.07, 6.45) is 14.4. The summed E-state index contributed by atoms with van der Waals surface area (Å²) in [6, 6.07) is 0.817. The summed E-state index contributed by atoms with van der Waals surface area (Å²) in [4.78, 5) is 0. The standard InChI is InChI=1S/C15H29NO/c1-17-15-10-8-13(9-11-15)12-16-14-6-4-2-3-5-7-14/h13-16H,2-12H2,1H3/t13-,15-. The summed E-state index contributed by atoms with van der Waals surface area (Å²) in [5.74, 6) is 0.907.